The lowest BCUT2D eigenvalue weighted by Gasteiger charge is -2.22. The van der Waals surface area contributed by atoms with Crippen LogP contribution in [0.5, 0.6) is 5.88 Å². The number of hydrogen-bond acceptors (Lipinski definition) is 10. The number of imidazole rings is 1. The number of ether oxygens (including phenoxy) is 4. The number of hydrogen-bond donors (Lipinski definition) is 1. The van der Waals surface area contributed by atoms with Crippen LogP contribution in [0.25, 0.3) is 21.6 Å². The Labute approximate surface area is 237 Å². The summed E-state index contributed by atoms with van der Waals surface area (Å²) in [6, 6.07) is 8.73. The van der Waals surface area contributed by atoms with Crippen molar-refractivity contribution in [3.63, 3.8) is 0 Å². The summed E-state index contributed by atoms with van der Waals surface area (Å²) in [4.78, 5) is 41.1. The molecule has 1 amide bonds. The number of esters is 1. The monoisotopic (exact) mass is 566 g/mol. The quantitative estimate of drug-likeness (QED) is 0.146. The van der Waals surface area contributed by atoms with Gasteiger partial charge in [0, 0.05) is 17.4 Å². The van der Waals surface area contributed by atoms with Crippen molar-refractivity contribution in [2.75, 3.05) is 18.5 Å². The van der Waals surface area contributed by atoms with Crippen LogP contribution in [0.3, 0.4) is 0 Å². The highest BCUT2D eigenvalue weighted by molar-refractivity contribution is 5.91. The fraction of sp³-hybridized carbons (Fsp3) is 0.519. The van der Waals surface area contributed by atoms with E-state index in [-0.39, 0.29) is 42.8 Å². The molecule has 1 aromatic carbocycles. The lowest BCUT2D eigenvalue weighted by molar-refractivity contribution is -0.152. The van der Waals surface area contributed by atoms with Crippen LogP contribution in [0.4, 0.5) is 5.95 Å². The van der Waals surface area contributed by atoms with E-state index in [9.17, 15) is 15.1 Å². The summed E-state index contributed by atoms with van der Waals surface area (Å²) in [6.07, 6.45) is -0.907. The van der Waals surface area contributed by atoms with Crippen LogP contribution >= 0.6 is 0 Å². The summed E-state index contributed by atoms with van der Waals surface area (Å²) in [5.74, 6) is -1.14. The fourth-order valence-corrected chi connectivity index (χ4v) is 4.20. The minimum atomic E-state index is -0.858. The topological polar surface area (TPSA) is 175 Å². The van der Waals surface area contributed by atoms with Crippen molar-refractivity contribution in [2.24, 2.45) is 17.0 Å². The standard InChI is InChI=1S/C27H34N8O6/c1-6-38-21-19(33-34-28)18(13-40-26(37)16(4)5)41-25(21)35-14-29-20-22(35)30-27(31-23(36)15(2)3)32-24(20)39-12-17-10-8-7-9-11-17/h7-11,14-16,18-19,21,25H,6,12-13H2,1-5H3,(H,30,31,32,36)/t18-,19-,21-,25-/m1/s1. The highest BCUT2D eigenvalue weighted by atomic mass is 16.6. The van der Waals surface area contributed by atoms with Crippen molar-refractivity contribution >= 4 is 29.0 Å². The molecule has 1 aliphatic heterocycles. The summed E-state index contributed by atoms with van der Waals surface area (Å²) in [5, 5.41) is 6.63. The third kappa shape index (κ3) is 6.91. The number of carbonyl (C=O) groups is 2. The Bertz CT molecular complexity index is 1410. The van der Waals surface area contributed by atoms with Gasteiger partial charge in [-0.3, -0.25) is 19.5 Å². The minimum absolute atomic E-state index is 0.0287. The molecule has 14 heteroatoms. The SMILES string of the molecule is CCO[C@@H]1[C@H](N=[N+]=[N-])[C@@H](COC(=O)C(C)C)O[C@H]1n1cnc2c(OCc3ccccc3)nc(NC(=O)C(C)C)nc21. The lowest BCUT2D eigenvalue weighted by Crippen LogP contribution is -2.35. The molecule has 0 saturated carbocycles. The van der Waals surface area contributed by atoms with Gasteiger partial charge in [0.2, 0.25) is 17.7 Å². The molecule has 3 heterocycles. The maximum atomic E-state index is 12.5. The molecule has 0 bridgehead atoms. The number of carbonyl (C=O) groups excluding carboxylic acids is 2. The molecular weight excluding hydrogens is 532 g/mol. The molecule has 1 N–H and O–H groups in total. The van der Waals surface area contributed by atoms with Crippen LogP contribution in [0.2, 0.25) is 0 Å². The van der Waals surface area contributed by atoms with Crippen molar-refractivity contribution in [2.45, 2.75) is 65.7 Å². The minimum Gasteiger partial charge on any atom is -0.471 e. The molecular formula is C27H34N8O6. The highest BCUT2D eigenvalue weighted by Gasteiger charge is 2.47. The van der Waals surface area contributed by atoms with Gasteiger partial charge in [0.15, 0.2) is 17.4 Å². The van der Waals surface area contributed by atoms with Crippen LogP contribution in [-0.4, -0.2) is 62.9 Å². The largest absolute Gasteiger partial charge is 0.471 e. The normalized spacial score (nSPS) is 20.3. The molecule has 1 saturated heterocycles. The van der Waals surface area contributed by atoms with Crippen molar-refractivity contribution < 1.29 is 28.5 Å². The molecule has 2 aromatic heterocycles. The van der Waals surface area contributed by atoms with Gasteiger partial charge in [0.1, 0.15) is 25.4 Å². The van der Waals surface area contributed by atoms with Crippen LogP contribution in [0.1, 0.15) is 46.4 Å². The number of rotatable bonds is 12. The maximum Gasteiger partial charge on any atom is 0.308 e. The van der Waals surface area contributed by atoms with E-state index in [1.54, 1.807) is 39.2 Å². The zero-order valence-corrected chi connectivity index (χ0v) is 23.6. The Kier molecular flexibility index (Phi) is 9.71. The van der Waals surface area contributed by atoms with Gasteiger partial charge < -0.3 is 18.9 Å². The van der Waals surface area contributed by atoms with Crippen LogP contribution in [0.15, 0.2) is 41.8 Å². The first-order valence-electron chi connectivity index (χ1n) is 13.4. The molecule has 3 aromatic rings. The van der Waals surface area contributed by atoms with Crippen molar-refractivity contribution in [3.05, 3.63) is 52.7 Å². The van der Waals surface area contributed by atoms with E-state index >= 15 is 0 Å². The van der Waals surface area contributed by atoms with Gasteiger partial charge in [-0.05, 0) is 18.0 Å². The summed E-state index contributed by atoms with van der Waals surface area (Å²) in [7, 11) is 0. The third-order valence-corrected chi connectivity index (χ3v) is 6.36. The van der Waals surface area contributed by atoms with E-state index in [4.69, 9.17) is 18.9 Å². The Hall–Kier alpha value is -4.26. The smallest absolute Gasteiger partial charge is 0.308 e. The molecule has 0 unspecified atom stereocenters. The fourth-order valence-electron chi connectivity index (χ4n) is 4.20. The number of aromatic nitrogens is 4. The summed E-state index contributed by atoms with van der Waals surface area (Å²) < 4.78 is 25.3. The molecule has 4 atom stereocenters. The average Bonchev–Trinajstić information content (AvgIpc) is 3.52. The van der Waals surface area contributed by atoms with E-state index in [0.29, 0.717) is 17.8 Å². The molecule has 218 valence electrons. The number of benzene rings is 1. The molecule has 0 spiro atoms. The second-order valence-electron chi connectivity index (χ2n) is 10.1. The van der Waals surface area contributed by atoms with Crippen LogP contribution < -0.4 is 10.1 Å². The van der Waals surface area contributed by atoms with Gasteiger partial charge >= 0.3 is 5.97 Å². The molecule has 1 aliphatic rings. The second kappa shape index (κ2) is 13.4. The molecule has 0 aliphatic carbocycles. The van der Waals surface area contributed by atoms with Gasteiger partial charge in [-0.25, -0.2) is 4.98 Å². The van der Waals surface area contributed by atoms with E-state index in [1.807, 2.05) is 30.3 Å². The van der Waals surface area contributed by atoms with Gasteiger partial charge in [0.05, 0.1) is 18.3 Å². The Balaban J connectivity index is 1.73. The number of amides is 1. The second-order valence-corrected chi connectivity index (χ2v) is 10.1. The number of azide groups is 1. The Morgan fingerprint density at radius 1 is 1.17 bits per heavy atom. The lowest BCUT2D eigenvalue weighted by atomic mass is 10.1. The van der Waals surface area contributed by atoms with E-state index in [0.717, 1.165) is 5.56 Å². The predicted octanol–water partition coefficient (Wildman–Crippen LogP) is 4.18. The maximum absolute atomic E-state index is 12.5. The number of fused-ring (bicyclic) bond motifs is 1. The first-order valence-corrected chi connectivity index (χ1v) is 13.4. The van der Waals surface area contributed by atoms with Crippen LogP contribution in [0, 0.1) is 11.8 Å². The van der Waals surface area contributed by atoms with E-state index in [1.165, 1.54) is 6.33 Å². The molecule has 0 radical (unpaired) electrons. The predicted molar refractivity (Wildman–Crippen MR) is 148 cm³/mol. The van der Waals surface area contributed by atoms with Gasteiger partial charge in [0.25, 0.3) is 0 Å². The number of nitrogens with zero attached hydrogens (tertiary/aromatic N) is 7. The number of anilines is 1. The molecule has 14 nitrogen and oxygen atoms in total. The van der Waals surface area contributed by atoms with Crippen LogP contribution in [-0.2, 0) is 30.4 Å². The first-order chi connectivity index (χ1) is 19.7. The Morgan fingerprint density at radius 3 is 2.59 bits per heavy atom. The van der Waals surface area contributed by atoms with Crippen molar-refractivity contribution in [1.82, 2.24) is 19.5 Å². The number of nitrogens with one attached hydrogen (secondary N) is 1. The van der Waals surface area contributed by atoms with Gasteiger partial charge in [-0.2, -0.15) is 9.97 Å². The van der Waals surface area contributed by atoms with Crippen molar-refractivity contribution in [1.29, 1.82) is 0 Å². The zero-order chi connectivity index (χ0) is 29.5. The summed E-state index contributed by atoms with van der Waals surface area (Å²) in [6.45, 7) is 9.13. The average molecular weight is 567 g/mol. The summed E-state index contributed by atoms with van der Waals surface area (Å²) in [5.41, 5.74) is 10.8. The zero-order valence-electron chi connectivity index (χ0n) is 23.6. The first kappa shape index (κ1) is 29.7. The molecule has 4 rings (SSSR count). The van der Waals surface area contributed by atoms with E-state index < -0.39 is 30.4 Å². The molecule has 1 fully saturated rings. The summed E-state index contributed by atoms with van der Waals surface area (Å²) >= 11 is 0. The Morgan fingerprint density at radius 2 is 1.93 bits per heavy atom. The van der Waals surface area contributed by atoms with Crippen molar-refractivity contribution in [3.8, 4) is 5.88 Å². The third-order valence-electron chi connectivity index (χ3n) is 6.36. The highest BCUT2D eigenvalue weighted by Crippen LogP contribution is 2.37. The van der Waals surface area contributed by atoms with E-state index in [2.05, 4.69) is 30.3 Å². The van der Waals surface area contributed by atoms with Gasteiger partial charge in [-0.15, -0.1) is 0 Å². The van der Waals surface area contributed by atoms with Gasteiger partial charge in [-0.1, -0.05) is 63.1 Å². The molecule has 41 heavy (non-hydrogen) atoms.